The van der Waals surface area contributed by atoms with Gasteiger partial charge in [0.05, 0.1) is 4.90 Å². The van der Waals surface area contributed by atoms with Crippen molar-refractivity contribution in [2.45, 2.75) is 23.7 Å². The van der Waals surface area contributed by atoms with E-state index >= 15 is 0 Å². The van der Waals surface area contributed by atoms with Gasteiger partial charge in [-0.05, 0) is 49.2 Å². The number of para-hydroxylation sites is 1. The third-order valence-electron chi connectivity index (χ3n) is 5.55. The summed E-state index contributed by atoms with van der Waals surface area (Å²) in [5.74, 6) is 0.974. The average molecular weight is 425 g/mol. The molecule has 1 saturated heterocycles. The first-order valence-corrected chi connectivity index (χ1v) is 11.3. The van der Waals surface area contributed by atoms with Crippen molar-refractivity contribution in [3.8, 4) is 0 Å². The molecule has 156 valence electrons. The average Bonchev–Trinajstić information content (AvgIpc) is 3.34. The van der Waals surface area contributed by atoms with Gasteiger partial charge in [-0.15, -0.1) is 0 Å². The van der Waals surface area contributed by atoms with Crippen LogP contribution in [0.4, 0.5) is 5.69 Å². The molecule has 30 heavy (non-hydrogen) atoms. The number of carbonyl (C=O) groups is 1. The second-order valence-electron chi connectivity index (χ2n) is 7.38. The minimum absolute atomic E-state index is 0.190. The van der Waals surface area contributed by atoms with Gasteiger partial charge >= 0.3 is 0 Å². The summed E-state index contributed by atoms with van der Waals surface area (Å²) >= 11 is 0. The molecule has 1 aliphatic rings. The summed E-state index contributed by atoms with van der Waals surface area (Å²) in [5.41, 5.74) is 1.22. The lowest BCUT2D eigenvalue weighted by molar-refractivity contribution is 0.0993. The number of rotatable bonds is 5. The molecule has 1 N–H and O–H groups in total. The molecular formula is C22H24N4O3S. The fourth-order valence-electron chi connectivity index (χ4n) is 3.75. The largest absolute Gasteiger partial charge is 0.348 e. The molecule has 1 aromatic heterocycles. The summed E-state index contributed by atoms with van der Waals surface area (Å²) in [6.45, 7) is 0.899. The minimum Gasteiger partial charge on any atom is -0.348 e. The first-order valence-electron chi connectivity index (χ1n) is 9.89. The highest BCUT2D eigenvalue weighted by atomic mass is 32.2. The fraction of sp³-hybridized carbons (Fsp3) is 0.273. The van der Waals surface area contributed by atoms with E-state index in [0.29, 0.717) is 18.7 Å². The van der Waals surface area contributed by atoms with E-state index in [-0.39, 0.29) is 16.7 Å². The lowest BCUT2D eigenvalue weighted by atomic mass is 9.98. The highest BCUT2D eigenvalue weighted by molar-refractivity contribution is 7.89. The molecule has 8 heteroatoms. The summed E-state index contributed by atoms with van der Waals surface area (Å²) in [6.07, 6.45) is 4.96. The van der Waals surface area contributed by atoms with E-state index in [9.17, 15) is 13.2 Å². The predicted octanol–water partition coefficient (Wildman–Crippen LogP) is 3.25. The lowest BCUT2D eigenvalue weighted by Crippen LogP contribution is -2.38. The van der Waals surface area contributed by atoms with Crippen LogP contribution in [0, 0.1) is 0 Å². The molecular weight excluding hydrogens is 400 g/mol. The van der Waals surface area contributed by atoms with Gasteiger partial charge in [-0.25, -0.2) is 13.4 Å². The van der Waals surface area contributed by atoms with Gasteiger partial charge in [0.2, 0.25) is 10.0 Å². The zero-order valence-corrected chi connectivity index (χ0v) is 17.5. The first-order chi connectivity index (χ1) is 14.5. The second-order valence-corrected chi connectivity index (χ2v) is 9.31. The van der Waals surface area contributed by atoms with E-state index in [1.807, 2.05) is 30.3 Å². The van der Waals surface area contributed by atoms with E-state index in [1.54, 1.807) is 36.5 Å². The maximum absolute atomic E-state index is 13.0. The van der Waals surface area contributed by atoms with Gasteiger partial charge in [-0.3, -0.25) is 4.79 Å². The van der Waals surface area contributed by atoms with Crippen LogP contribution >= 0.6 is 0 Å². The lowest BCUT2D eigenvalue weighted by Gasteiger charge is -2.30. The maximum atomic E-state index is 13.0. The Labute approximate surface area is 176 Å². The first kappa shape index (κ1) is 20.3. The summed E-state index contributed by atoms with van der Waals surface area (Å²) in [5, 5.41) is 0. The summed E-state index contributed by atoms with van der Waals surface area (Å²) in [4.78, 5) is 21.9. The van der Waals surface area contributed by atoms with Crippen LogP contribution in [-0.2, 0) is 10.0 Å². The van der Waals surface area contributed by atoms with Crippen molar-refractivity contribution in [2.24, 2.45) is 0 Å². The van der Waals surface area contributed by atoms with Crippen LogP contribution < -0.4 is 4.90 Å². The number of benzene rings is 2. The number of carbonyl (C=O) groups excluding carboxylic acids is 1. The number of hydrogen-bond donors (Lipinski definition) is 1. The van der Waals surface area contributed by atoms with Crippen LogP contribution in [0.25, 0.3) is 0 Å². The normalized spacial score (nSPS) is 15.8. The van der Waals surface area contributed by atoms with Gasteiger partial charge in [0, 0.05) is 49.7 Å². The molecule has 3 aromatic rings. The molecule has 0 saturated carbocycles. The molecule has 0 unspecified atom stereocenters. The van der Waals surface area contributed by atoms with Crippen molar-refractivity contribution in [3.63, 3.8) is 0 Å². The van der Waals surface area contributed by atoms with Gasteiger partial charge in [0.1, 0.15) is 5.82 Å². The van der Waals surface area contributed by atoms with Crippen LogP contribution in [0.5, 0.6) is 0 Å². The Bertz CT molecular complexity index is 1090. The fourth-order valence-corrected chi connectivity index (χ4v) is 5.22. The Morgan fingerprint density at radius 2 is 1.73 bits per heavy atom. The van der Waals surface area contributed by atoms with E-state index in [1.165, 1.54) is 16.4 Å². The Morgan fingerprint density at radius 3 is 2.33 bits per heavy atom. The number of aromatic amines is 1. The molecule has 0 atom stereocenters. The molecule has 2 aromatic carbocycles. The number of hydrogen-bond acceptors (Lipinski definition) is 4. The third-order valence-corrected chi connectivity index (χ3v) is 7.46. The number of nitrogens with zero attached hydrogens (tertiary/aromatic N) is 3. The summed E-state index contributed by atoms with van der Waals surface area (Å²) in [7, 11) is -1.89. The summed E-state index contributed by atoms with van der Waals surface area (Å²) < 4.78 is 27.6. The smallest absolute Gasteiger partial charge is 0.258 e. The Morgan fingerprint density at radius 1 is 1.07 bits per heavy atom. The predicted molar refractivity (Wildman–Crippen MR) is 115 cm³/mol. The van der Waals surface area contributed by atoms with Gasteiger partial charge in [0.15, 0.2) is 0 Å². The molecule has 1 aliphatic heterocycles. The van der Waals surface area contributed by atoms with E-state index in [0.717, 1.165) is 24.4 Å². The van der Waals surface area contributed by atoms with Crippen molar-refractivity contribution in [1.82, 2.24) is 14.3 Å². The monoisotopic (exact) mass is 424 g/mol. The molecule has 1 amide bonds. The number of sulfonamides is 1. The van der Waals surface area contributed by atoms with Crippen LogP contribution in [0.15, 0.2) is 71.9 Å². The number of amides is 1. The van der Waals surface area contributed by atoms with Crippen molar-refractivity contribution in [3.05, 3.63) is 78.4 Å². The molecule has 2 heterocycles. The SMILES string of the molecule is CN(C(=O)c1ccc(S(=O)(=O)N2CCC(c3ncc[nH]3)CC2)cc1)c1ccccc1. The minimum atomic E-state index is -3.59. The second kappa shape index (κ2) is 8.41. The van der Waals surface area contributed by atoms with Gasteiger partial charge < -0.3 is 9.88 Å². The molecule has 1 fully saturated rings. The number of anilines is 1. The zero-order valence-electron chi connectivity index (χ0n) is 16.7. The highest BCUT2D eigenvalue weighted by Crippen LogP contribution is 2.29. The van der Waals surface area contributed by atoms with Crippen LogP contribution in [0.3, 0.4) is 0 Å². The Hall–Kier alpha value is -2.97. The molecule has 0 bridgehead atoms. The molecule has 0 radical (unpaired) electrons. The Balaban J connectivity index is 1.45. The number of piperidine rings is 1. The highest BCUT2D eigenvalue weighted by Gasteiger charge is 2.30. The van der Waals surface area contributed by atoms with E-state index in [2.05, 4.69) is 9.97 Å². The third kappa shape index (κ3) is 4.01. The summed E-state index contributed by atoms with van der Waals surface area (Å²) in [6, 6.07) is 15.5. The van der Waals surface area contributed by atoms with Crippen molar-refractivity contribution < 1.29 is 13.2 Å². The van der Waals surface area contributed by atoms with Crippen molar-refractivity contribution in [2.75, 3.05) is 25.0 Å². The molecule has 0 spiro atoms. The zero-order chi connectivity index (χ0) is 21.1. The number of H-pyrrole nitrogens is 1. The van der Waals surface area contributed by atoms with Crippen LogP contribution in [-0.4, -0.2) is 48.7 Å². The van der Waals surface area contributed by atoms with Crippen molar-refractivity contribution in [1.29, 1.82) is 0 Å². The van der Waals surface area contributed by atoms with Gasteiger partial charge in [0.25, 0.3) is 5.91 Å². The van der Waals surface area contributed by atoms with E-state index < -0.39 is 10.0 Å². The standard InChI is InChI=1S/C22H24N4O3S/c1-25(19-5-3-2-4-6-19)22(27)18-7-9-20(10-8-18)30(28,29)26-15-11-17(12-16-26)21-23-13-14-24-21/h2-10,13-14,17H,11-12,15-16H2,1H3,(H,23,24). The Kier molecular flexibility index (Phi) is 5.69. The number of aromatic nitrogens is 2. The van der Waals surface area contributed by atoms with Gasteiger partial charge in [-0.1, -0.05) is 18.2 Å². The molecule has 7 nitrogen and oxygen atoms in total. The van der Waals surface area contributed by atoms with Crippen LogP contribution in [0.1, 0.15) is 34.9 Å². The van der Waals surface area contributed by atoms with Gasteiger partial charge in [-0.2, -0.15) is 4.31 Å². The number of imidazole rings is 1. The van der Waals surface area contributed by atoms with Crippen molar-refractivity contribution >= 4 is 21.6 Å². The quantitative estimate of drug-likeness (QED) is 0.681. The van der Waals surface area contributed by atoms with E-state index in [4.69, 9.17) is 0 Å². The topological polar surface area (TPSA) is 86.4 Å². The maximum Gasteiger partial charge on any atom is 0.258 e. The molecule has 0 aliphatic carbocycles. The molecule has 4 rings (SSSR count). The number of nitrogens with one attached hydrogen (secondary N) is 1. The van der Waals surface area contributed by atoms with Crippen LogP contribution in [0.2, 0.25) is 0 Å².